The predicted octanol–water partition coefficient (Wildman–Crippen LogP) is 2.19. The number of aliphatic hydroxyl groups is 1. The van der Waals surface area contributed by atoms with Gasteiger partial charge in [0.2, 0.25) is 0 Å². The van der Waals surface area contributed by atoms with Gasteiger partial charge in [0, 0.05) is 5.39 Å². The normalized spacial score (nSPS) is 22.2. The van der Waals surface area contributed by atoms with Crippen molar-refractivity contribution >= 4 is 11.0 Å². The number of hydrogen-bond acceptors (Lipinski definition) is 4. The van der Waals surface area contributed by atoms with Crippen molar-refractivity contribution in [2.45, 2.75) is 19.1 Å². The first-order valence-corrected chi connectivity index (χ1v) is 6.11. The molecule has 1 aliphatic heterocycles. The van der Waals surface area contributed by atoms with Crippen LogP contribution in [0, 0.1) is 6.92 Å². The van der Waals surface area contributed by atoms with Gasteiger partial charge in [0.1, 0.15) is 23.6 Å². The second-order valence-electron chi connectivity index (χ2n) is 4.62. The van der Waals surface area contributed by atoms with E-state index in [0.717, 1.165) is 11.0 Å². The van der Waals surface area contributed by atoms with Crippen LogP contribution in [0.15, 0.2) is 28.7 Å². The van der Waals surface area contributed by atoms with Crippen LogP contribution in [0.3, 0.4) is 0 Å². The van der Waals surface area contributed by atoms with Gasteiger partial charge in [0.25, 0.3) is 0 Å². The average molecular weight is 248 g/mol. The highest BCUT2D eigenvalue weighted by atomic mass is 16.6. The Morgan fingerprint density at radius 3 is 2.94 bits per heavy atom. The fourth-order valence-corrected chi connectivity index (χ4v) is 2.20. The lowest BCUT2D eigenvalue weighted by atomic mass is 10.1. The molecule has 1 fully saturated rings. The third kappa shape index (κ3) is 2.14. The van der Waals surface area contributed by atoms with E-state index in [1.807, 2.05) is 31.2 Å². The molecule has 4 nitrogen and oxygen atoms in total. The third-order valence-electron chi connectivity index (χ3n) is 3.18. The standard InChI is InChI=1S/C14H16O4/c1-9-2-3-11-10(6-9)7-12(18-11)14(15)13-8-16-4-5-17-13/h2-3,6-7,13-15H,4-5,8H2,1H3. The Kier molecular flexibility index (Phi) is 3.07. The minimum atomic E-state index is -0.780. The van der Waals surface area contributed by atoms with E-state index in [9.17, 15) is 5.11 Å². The van der Waals surface area contributed by atoms with E-state index in [-0.39, 0.29) is 6.10 Å². The van der Waals surface area contributed by atoms with Gasteiger partial charge in [-0.05, 0) is 25.1 Å². The van der Waals surface area contributed by atoms with Crippen molar-refractivity contribution in [2.24, 2.45) is 0 Å². The summed E-state index contributed by atoms with van der Waals surface area (Å²) in [6, 6.07) is 7.81. The Labute approximate surface area is 105 Å². The summed E-state index contributed by atoms with van der Waals surface area (Å²) in [6.45, 7) is 3.53. The van der Waals surface area contributed by atoms with Crippen LogP contribution in [-0.2, 0) is 9.47 Å². The maximum Gasteiger partial charge on any atom is 0.140 e. The largest absolute Gasteiger partial charge is 0.458 e. The lowest BCUT2D eigenvalue weighted by Crippen LogP contribution is -2.33. The Morgan fingerprint density at radius 1 is 1.28 bits per heavy atom. The van der Waals surface area contributed by atoms with Crippen molar-refractivity contribution < 1.29 is 19.0 Å². The fourth-order valence-electron chi connectivity index (χ4n) is 2.20. The van der Waals surface area contributed by atoms with Gasteiger partial charge in [0.15, 0.2) is 0 Å². The predicted molar refractivity (Wildman–Crippen MR) is 66.5 cm³/mol. The van der Waals surface area contributed by atoms with Crippen molar-refractivity contribution in [3.8, 4) is 0 Å². The van der Waals surface area contributed by atoms with Crippen LogP contribution >= 0.6 is 0 Å². The van der Waals surface area contributed by atoms with Crippen LogP contribution in [0.2, 0.25) is 0 Å². The number of hydrogen-bond donors (Lipinski definition) is 1. The number of furan rings is 1. The molecule has 1 aromatic carbocycles. The zero-order chi connectivity index (χ0) is 12.5. The highest BCUT2D eigenvalue weighted by Crippen LogP contribution is 2.28. The number of aryl methyl sites for hydroxylation is 1. The second-order valence-corrected chi connectivity index (χ2v) is 4.62. The molecule has 96 valence electrons. The molecule has 1 N–H and O–H groups in total. The summed E-state index contributed by atoms with van der Waals surface area (Å²) >= 11 is 0. The molecule has 0 aliphatic carbocycles. The topological polar surface area (TPSA) is 51.8 Å². The third-order valence-corrected chi connectivity index (χ3v) is 3.18. The SMILES string of the molecule is Cc1ccc2oc(C(O)C3COCCO3)cc2c1. The Balaban J connectivity index is 1.88. The van der Waals surface area contributed by atoms with Gasteiger partial charge < -0.3 is 19.0 Å². The summed E-state index contributed by atoms with van der Waals surface area (Å²) in [5.41, 5.74) is 1.95. The minimum absolute atomic E-state index is 0.347. The molecule has 0 spiro atoms. The second kappa shape index (κ2) is 4.72. The maximum atomic E-state index is 10.2. The Bertz CT molecular complexity index is 540. The summed E-state index contributed by atoms with van der Waals surface area (Å²) < 4.78 is 16.4. The number of rotatable bonds is 2. The Hall–Kier alpha value is -1.36. The van der Waals surface area contributed by atoms with Crippen molar-refractivity contribution in [3.63, 3.8) is 0 Å². The van der Waals surface area contributed by atoms with E-state index >= 15 is 0 Å². The highest BCUT2D eigenvalue weighted by Gasteiger charge is 2.27. The Morgan fingerprint density at radius 2 is 2.17 bits per heavy atom. The fraction of sp³-hybridized carbons (Fsp3) is 0.429. The van der Waals surface area contributed by atoms with Crippen LogP contribution in [0.4, 0.5) is 0 Å². The van der Waals surface area contributed by atoms with E-state index in [1.165, 1.54) is 5.56 Å². The molecule has 18 heavy (non-hydrogen) atoms. The molecule has 2 atom stereocenters. The molecule has 1 saturated heterocycles. The van der Waals surface area contributed by atoms with Crippen LogP contribution < -0.4 is 0 Å². The lowest BCUT2D eigenvalue weighted by molar-refractivity contribution is -0.137. The molecule has 2 aromatic rings. The molecule has 2 unspecified atom stereocenters. The van der Waals surface area contributed by atoms with Crippen molar-refractivity contribution in [3.05, 3.63) is 35.6 Å². The van der Waals surface area contributed by atoms with E-state index in [2.05, 4.69) is 0 Å². The first-order valence-electron chi connectivity index (χ1n) is 6.11. The van der Waals surface area contributed by atoms with Gasteiger partial charge >= 0.3 is 0 Å². The van der Waals surface area contributed by atoms with Gasteiger partial charge in [-0.25, -0.2) is 0 Å². The van der Waals surface area contributed by atoms with Crippen molar-refractivity contribution in [1.29, 1.82) is 0 Å². The molecule has 0 bridgehead atoms. The molecular weight excluding hydrogens is 232 g/mol. The zero-order valence-electron chi connectivity index (χ0n) is 10.3. The van der Waals surface area contributed by atoms with E-state index in [1.54, 1.807) is 0 Å². The minimum Gasteiger partial charge on any atom is -0.458 e. The first kappa shape index (κ1) is 11.7. The summed E-state index contributed by atoms with van der Waals surface area (Å²) in [5, 5.41) is 11.2. The van der Waals surface area contributed by atoms with E-state index in [4.69, 9.17) is 13.9 Å². The van der Waals surface area contributed by atoms with Crippen molar-refractivity contribution in [1.82, 2.24) is 0 Å². The quantitative estimate of drug-likeness (QED) is 0.885. The molecule has 0 saturated carbocycles. The number of benzene rings is 1. The van der Waals surface area contributed by atoms with Crippen LogP contribution in [0.5, 0.6) is 0 Å². The smallest absolute Gasteiger partial charge is 0.140 e. The van der Waals surface area contributed by atoms with Crippen molar-refractivity contribution in [2.75, 3.05) is 19.8 Å². The molecule has 4 heteroatoms. The molecule has 0 amide bonds. The monoisotopic (exact) mass is 248 g/mol. The molecule has 2 heterocycles. The molecular formula is C14H16O4. The first-order chi connectivity index (χ1) is 8.74. The molecule has 1 aromatic heterocycles. The maximum absolute atomic E-state index is 10.2. The van der Waals surface area contributed by atoms with Gasteiger partial charge in [-0.2, -0.15) is 0 Å². The zero-order valence-corrected chi connectivity index (χ0v) is 10.3. The van der Waals surface area contributed by atoms with E-state index in [0.29, 0.717) is 25.6 Å². The highest BCUT2D eigenvalue weighted by molar-refractivity contribution is 5.78. The van der Waals surface area contributed by atoms with Gasteiger partial charge in [-0.1, -0.05) is 11.6 Å². The van der Waals surface area contributed by atoms with Gasteiger partial charge in [-0.15, -0.1) is 0 Å². The summed E-state index contributed by atoms with van der Waals surface area (Å²) in [6.07, 6.45) is -1.13. The number of fused-ring (bicyclic) bond motifs is 1. The molecule has 0 radical (unpaired) electrons. The summed E-state index contributed by atoms with van der Waals surface area (Å²) in [5.74, 6) is 0.533. The average Bonchev–Trinajstić information content (AvgIpc) is 2.81. The van der Waals surface area contributed by atoms with Gasteiger partial charge in [0.05, 0.1) is 19.8 Å². The van der Waals surface area contributed by atoms with E-state index < -0.39 is 6.10 Å². The lowest BCUT2D eigenvalue weighted by Gasteiger charge is -2.25. The van der Waals surface area contributed by atoms with Crippen LogP contribution in [-0.4, -0.2) is 31.0 Å². The van der Waals surface area contributed by atoms with Crippen LogP contribution in [0.25, 0.3) is 11.0 Å². The van der Waals surface area contributed by atoms with Gasteiger partial charge in [-0.3, -0.25) is 0 Å². The molecule has 1 aliphatic rings. The number of aliphatic hydroxyl groups excluding tert-OH is 1. The summed E-state index contributed by atoms with van der Waals surface area (Å²) in [4.78, 5) is 0. The van der Waals surface area contributed by atoms with Crippen LogP contribution in [0.1, 0.15) is 17.4 Å². The summed E-state index contributed by atoms with van der Waals surface area (Å²) in [7, 11) is 0. The molecule has 3 rings (SSSR count). The number of ether oxygens (including phenoxy) is 2.